The molecule has 0 saturated heterocycles. The molecule has 0 radical (unpaired) electrons. The molecule has 1 amide bonds. The summed E-state index contributed by atoms with van der Waals surface area (Å²) >= 11 is 0. The molecule has 170 valence electrons. The fraction of sp³-hybridized carbons (Fsp3) is 0.227. The van der Waals surface area contributed by atoms with E-state index < -0.39 is 36.6 Å². The number of pyridine rings is 1. The second-order valence-electron chi connectivity index (χ2n) is 7.51. The van der Waals surface area contributed by atoms with Gasteiger partial charge in [0.2, 0.25) is 12.5 Å². The number of benzene rings is 2. The number of fused-ring (bicyclic) bond motifs is 2. The van der Waals surface area contributed by atoms with Crippen LogP contribution in [0.15, 0.2) is 53.6 Å². The lowest BCUT2D eigenvalue weighted by atomic mass is 10.0. The number of para-hydroxylation sites is 1. The lowest BCUT2D eigenvalue weighted by Crippen LogP contribution is -2.51. The van der Waals surface area contributed by atoms with Crippen LogP contribution in [0.25, 0.3) is 22.2 Å². The van der Waals surface area contributed by atoms with Crippen molar-refractivity contribution in [2.45, 2.75) is 25.0 Å². The summed E-state index contributed by atoms with van der Waals surface area (Å²) < 4.78 is 64.3. The van der Waals surface area contributed by atoms with E-state index in [1.165, 1.54) is 12.1 Å². The molecule has 0 unspecified atom stereocenters. The zero-order chi connectivity index (χ0) is 23.3. The molecule has 7 nitrogen and oxygen atoms in total. The van der Waals surface area contributed by atoms with Crippen LogP contribution in [0.3, 0.4) is 0 Å². The van der Waals surface area contributed by atoms with Gasteiger partial charge >= 0.3 is 0 Å². The Labute approximate surface area is 183 Å². The van der Waals surface area contributed by atoms with E-state index in [2.05, 4.69) is 10.1 Å². The molecule has 0 bridgehead atoms. The van der Waals surface area contributed by atoms with Gasteiger partial charge in [-0.15, -0.1) is 0 Å². The smallest absolute Gasteiger partial charge is 0.287 e. The summed E-state index contributed by atoms with van der Waals surface area (Å²) in [6.07, 6.45) is -7.89. The molecular weight excluding hydrogens is 446 g/mol. The summed E-state index contributed by atoms with van der Waals surface area (Å²) in [5, 5.41) is 14.1. The second-order valence-corrected chi connectivity index (χ2v) is 7.51. The molecule has 2 aromatic carbocycles. The van der Waals surface area contributed by atoms with E-state index in [0.29, 0.717) is 28.3 Å². The predicted octanol–water partition coefficient (Wildman–Crippen LogP) is 4.05. The first-order chi connectivity index (χ1) is 15.8. The monoisotopic (exact) mass is 461 g/mol. The fourth-order valence-corrected chi connectivity index (χ4v) is 3.77. The molecule has 1 aromatic heterocycles. The van der Waals surface area contributed by atoms with E-state index in [0.717, 1.165) is 0 Å². The van der Waals surface area contributed by atoms with Crippen molar-refractivity contribution in [1.82, 2.24) is 9.99 Å². The molecule has 0 spiro atoms. The molecule has 1 N–H and O–H groups in total. The van der Waals surface area contributed by atoms with Gasteiger partial charge < -0.3 is 14.6 Å². The van der Waals surface area contributed by atoms with Crippen molar-refractivity contribution in [2.75, 3.05) is 6.79 Å². The van der Waals surface area contributed by atoms with E-state index >= 15 is 0 Å². The van der Waals surface area contributed by atoms with Crippen molar-refractivity contribution in [1.29, 1.82) is 0 Å². The fourth-order valence-electron chi connectivity index (χ4n) is 3.77. The third kappa shape index (κ3) is 3.44. The summed E-state index contributed by atoms with van der Waals surface area (Å²) in [5.41, 5.74) is -3.12. The van der Waals surface area contributed by atoms with Crippen LogP contribution >= 0.6 is 0 Å². The average molecular weight is 461 g/mol. The van der Waals surface area contributed by atoms with Gasteiger partial charge in [-0.05, 0) is 30.3 Å². The SMILES string of the molecule is O=C(c1cc(-c2ccc3c(c2)OCO3)nc2ccccc12)N1N=C(C(F)F)C[C@@]1(O)C(F)F. The van der Waals surface area contributed by atoms with E-state index in [9.17, 15) is 27.5 Å². The van der Waals surface area contributed by atoms with Gasteiger partial charge in [0.05, 0.1) is 16.8 Å². The summed E-state index contributed by atoms with van der Waals surface area (Å²) in [4.78, 5) is 17.8. The standard InChI is InChI=1S/C22H15F4N3O4/c23-19(24)16-9-22(31,21(25)26)29(28-16)20(30)13-8-15(27-14-4-2-1-3-12(13)14)11-5-6-17-18(7-11)33-10-32-17/h1-8,19,21,31H,9-10H2/t22-/m1/s1. The van der Waals surface area contributed by atoms with Crippen LogP contribution in [0.1, 0.15) is 16.8 Å². The number of nitrogens with zero attached hydrogens (tertiary/aromatic N) is 3. The molecule has 0 aliphatic carbocycles. The Morgan fingerprint density at radius 3 is 2.58 bits per heavy atom. The second kappa shape index (κ2) is 7.69. The van der Waals surface area contributed by atoms with Gasteiger partial charge in [0.15, 0.2) is 11.5 Å². The first kappa shape index (κ1) is 21.1. The first-order valence-electron chi connectivity index (χ1n) is 9.78. The number of hydrogen-bond donors (Lipinski definition) is 1. The number of ether oxygens (including phenoxy) is 2. The highest BCUT2D eigenvalue weighted by Crippen LogP contribution is 2.38. The molecular formula is C22H15F4N3O4. The number of amides is 1. The Bertz CT molecular complexity index is 1300. The Morgan fingerprint density at radius 2 is 1.82 bits per heavy atom. The third-order valence-electron chi connectivity index (χ3n) is 5.45. The van der Waals surface area contributed by atoms with Gasteiger partial charge in [0.25, 0.3) is 18.8 Å². The summed E-state index contributed by atoms with van der Waals surface area (Å²) in [7, 11) is 0. The zero-order valence-electron chi connectivity index (χ0n) is 16.7. The Kier molecular flexibility index (Phi) is 4.93. The Hall–Kier alpha value is -3.73. The minimum absolute atomic E-state index is 0.0460. The highest BCUT2D eigenvalue weighted by atomic mass is 19.3. The van der Waals surface area contributed by atoms with Crippen molar-refractivity contribution in [3.05, 3.63) is 54.1 Å². The minimum atomic E-state index is -3.53. The number of aromatic nitrogens is 1. The summed E-state index contributed by atoms with van der Waals surface area (Å²) in [6, 6.07) is 12.7. The molecule has 3 heterocycles. The molecule has 2 aliphatic rings. The lowest BCUT2D eigenvalue weighted by Gasteiger charge is -2.30. The lowest BCUT2D eigenvalue weighted by molar-refractivity contribution is -0.164. The predicted molar refractivity (Wildman–Crippen MR) is 108 cm³/mol. The molecule has 3 aromatic rings. The van der Waals surface area contributed by atoms with Crippen molar-refractivity contribution in [2.24, 2.45) is 5.10 Å². The molecule has 5 rings (SSSR count). The van der Waals surface area contributed by atoms with Crippen molar-refractivity contribution >= 4 is 22.5 Å². The maximum Gasteiger partial charge on any atom is 0.287 e. The highest BCUT2D eigenvalue weighted by Gasteiger charge is 2.53. The Morgan fingerprint density at radius 1 is 1.06 bits per heavy atom. The van der Waals surface area contributed by atoms with Gasteiger partial charge in [-0.25, -0.2) is 22.5 Å². The van der Waals surface area contributed by atoms with Crippen LogP contribution in [0.5, 0.6) is 11.5 Å². The number of halogens is 4. The maximum atomic E-state index is 13.7. The van der Waals surface area contributed by atoms with Gasteiger partial charge in [-0.1, -0.05) is 18.2 Å². The topological polar surface area (TPSA) is 84.3 Å². The van der Waals surface area contributed by atoms with Gasteiger partial charge in [-0.2, -0.15) is 10.1 Å². The Balaban J connectivity index is 1.65. The first-order valence-corrected chi connectivity index (χ1v) is 9.78. The van der Waals surface area contributed by atoms with Crippen LogP contribution in [-0.2, 0) is 0 Å². The third-order valence-corrected chi connectivity index (χ3v) is 5.45. The van der Waals surface area contributed by atoms with Crippen LogP contribution in [-0.4, -0.2) is 52.1 Å². The van der Waals surface area contributed by atoms with Crippen molar-refractivity contribution in [3.63, 3.8) is 0 Å². The number of aliphatic hydroxyl groups is 1. The van der Waals surface area contributed by atoms with E-state index in [1.54, 1.807) is 36.4 Å². The number of alkyl halides is 4. The van der Waals surface area contributed by atoms with E-state index in [-0.39, 0.29) is 22.8 Å². The van der Waals surface area contributed by atoms with Gasteiger partial charge in [0.1, 0.15) is 5.71 Å². The quantitative estimate of drug-likeness (QED) is 0.593. The highest BCUT2D eigenvalue weighted by molar-refractivity contribution is 6.08. The van der Waals surface area contributed by atoms with Crippen LogP contribution in [0, 0.1) is 0 Å². The molecule has 0 fully saturated rings. The van der Waals surface area contributed by atoms with E-state index in [1.807, 2.05) is 0 Å². The van der Waals surface area contributed by atoms with Crippen molar-refractivity contribution < 1.29 is 36.9 Å². The summed E-state index contributed by atoms with van der Waals surface area (Å²) in [6.45, 7) is 0.0549. The van der Waals surface area contributed by atoms with E-state index in [4.69, 9.17) is 9.47 Å². The molecule has 2 aliphatic heterocycles. The van der Waals surface area contributed by atoms with Crippen LogP contribution in [0.2, 0.25) is 0 Å². The molecule has 1 atom stereocenters. The average Bonchev–Trinajstić information content (AvgIpc) is 3.42. The number of hydrazone groups is 1. The molecule has 33 heavy (non-hydrogen) atoms. The molecule has 0 saturated carbocycles. The van der Waals surface area contributed by atoms with Crippen molar-refractivity contribution in [3.8, 4) is 22.8 Å². The van der Waals surface area contributed by atoms with Crippen LogP contribution in [0.4, 0.5) is 17.6 Å². The minimum Gasteiger partial charge on any atom is -0.454 e. The number of rotatable bonds is 4. The summed E-state index contributed by atoms with van der Waals surface area (Å²) in [5.74, 6) is -0.161. The van der Waals surface area contributed by atoms with Crippen LogP contribution < -0.4 is 9.47 Å². The number of carbonyl (C=O) groups excluding carboxylic acids is 1. The molecule has 11 heteroatoms. The largest absolute Gasteiger partial charge is 0.454 e. The number of hydrogen-bond acceptors (Lipinski definition) is 6. The zero-order valence-corrected chi connectivity index (χ0v) is 16.7. The van der Waals surface area contributed by atoms with Gasteiger partial charge in [0, 0.05) is 17.4 Å². The van der Waals surface area contributed by atoms with Gasteiger partial charge in [-0.3, -0.25) is 4.79 Å². The maximum absolute atomic E-state index is 13.7. The number of carbonyl (C=O) groups is 1. The normalized spacial score (nSPS) is 19.6.